The highest BCUT2D eigenvalue weighted by molar-refractivity contribution is 6.29. The Bertz CT molecular complexity index is 2430. The van der Waals surface area contributed by atoms with Gasteiger partial charge in [0.2, 0.25) is 0 Å². The van der Waals surface area contributed by atoms with Crippen LogP contribution in [0.15, 0.2) is 170 Å². The van der Waals surface area contributed by atoms with Crippen LogP contribution >= 0.6 is 0 Å². The number of anilines is 2. The number of nitrogens with zero attached hydrogens (tertiary/aromatic N) is 2. The van der Waals surface area contributed by atoms with Gasteiger partial charge in [-0.25, -0.2) is 9.80 Å². The zero-order valence-electron chi connectivity index (χ0n) is 28.5. The molecule has 4 amide bonds. The number of carbonyl (C=O) groups is 4. The number of imide groups is 2. The molecule has 0 radical (unpaired) electrons. The molecule has 54 heavy (non-hydrogen) atoms. The summed E-state index contributed by atoms with van der Waals surface area (Å²) in [4.78, 5) is 50.4. The largest absolute Gasteiger partial charge is 0.457 e. The third kappa shape index (κ3) is 5.78. The number of carbonyl (C=O) groups excluding carboxylic acids is 4. The Balaban J connectivity index is 0.993. The average Bonchev–Trinajstić information content (AvgIpc) is 3.73. The summed E-state index contributed by atoms with van der Waals surface area (Å²) in [6, 6.07) is 46.5. The molecule has 7 aromatic carbocycles. The minimum absolute atomic E-state index is 0.364. The summed E-state index contributed by atoms with van der Waals surface area (Å²) in [5.41, 5.74) is 5.29. The van der Waals surface area contributed by atoms with Crippen molar-refractivity contribution in [1.82, 2.24) is 0 Å². The van der Waals surface area contributed by atoms with Gasteiger partial charge in [-0.15, -0.1) is 0 Å². The van der Waals surface area contributed by atoms with Crippen molar-refractivity contribution in [2.75, 3.05) is 9.80 Å². The third-order valence-corrected chi connectivity index (χ3v) is 9.50. The normalized spacial score (nSPS) is 13.9. The smallest absolute Gasteiger partial charge is 0.258 e. The third-order valence-electron chi connectivity index (χ3n) is 9.50. The Kier molecular flexibility index (Phi) is 7.90. The average molecular weight is 705 g/mol. The van der Waals surface area contributed by atoms with E-state index < -0.39 is 0 Å². The van der Waals surface area contributed by atoms with E-state index in [-0.39, 0.29) is 23.6 Å². The second-order valence-electron chi connectivity index (χ2n) is 12.8. The van der Waals surface area contributed by atoms with E-state index in [9.17, 15) is 19.2 Å². The first-order valence-corrected chi connectivity index (χ1v) is 17.2. The first-order valence-electron chi connectivity index (χ1n) is 17.2. The Hall–Kier alpha value is -7.58. The fourth-order valence-corrected chi connectivity index (χ4v) is 7.04. The molecule has 7 aromatic rings. The van der Waals surface area contributed by atoms with Crippen molar-refractivity contribution in [3.63, 3.8) is 0 Å². The summed E-state index contributed by atoms with van der Waals surface area (Å²) in [5.74, 6) is 1.01. The van der Waals surface area contributed by atoms with Crippen LogP contribution in [0.3, 0.4) is 0 Å². The van der Waals surface area contributed by atoms with E-state index in [4.69, 9.17) is 9.47 Å². The number of fused-ring (bicyclic) bond motifs is 2. The SMILES string of the molecule is O=C1C=CC(=O)N1c1ccc(Oc2ccc(-c3c4ccccc4c(-c4ccc(Oc5ccc(N6C(=O)C=CC6=O)cc5)cc4)c4ccccc34)cc2)cc1. The van der Waals surface area contributed by atoms with Gasteiger partial charge in [0.15, 0.2) is 0 Å². The summed E-state index contributed by atoms with van der Waals surface area (Å²) < 4.78 is 12.3. The van der Waals surface area contributed by atoms with Crippen molar-refractivity contribution in [3.8, 4) is 45.3 Å². The molecular formula is C46H28N2O6. The van der Waals surface area contributed by atoms with Crippen LogP contribution in [0.5, 0.6) is 23.0 Å². The summed E-state index contributed by atoms with van der Waals surface area (Å²) in [6.07, 6.45) is 5.04. The van der Waals surface area contributed by atoms with E-state index in [1.807, 2.05) is 24.3 Å². The second kappa shape index (κ2) is 13.2. The van der Waals surface area contributed by atoms with Crippen LogP contribution in [0.2, 0.25) is 0 Å². The molecule has 2 aliphatic rings. The maximum Gasteiger partial charge on any atom is 0.258 e. The second-order valence-corrected chi connectivity index (χ2v) is 12.8. The lowest BCUT2D eigenvalue weighted by atomic mass is 9.86. The predicted molar refractivity (Wildman–Crippen MR) is 209 cm³/mol. The number of amides is 4. The van der Waals surface area contributed by atoms with Crippen LogP contribution in [-0.2, 0) is 19.2 Å². The van der Waals surface area contributed by atoms with Crippen LogP contribution in [0.25, 0.3) is 43.8 Å². The van der Waals surface area contributed by atoms with Crippen LogP contribution in [0.1, 0.15) is 0 Å². The van der Waals surface area contributed by atoms with Crippen LogP contribution in [-0.4, -0.2) is 23.6 Å². The Morgan fingerprint density at radius 2 is 0.574 bits per heavy atom. The number of ether oxygens (including phenoxy) is 2. The fourth-order valence-electron chi connectivity index (χ4n) is 7.04. The number of rotatable bonds is 8. The quantitative estimate of drug-likeness (QED) is 0.116. The number of hydrogen-bond acceptors (Lipinski definition) is 6. The number of hydrogen-bond donors (Lipinski definition) is 0. The highest BCUT2D eigenvalue weighted by Crippen LogP contribution is 2.44. The molecular weight excluding hydrogens is 677 g/mol. The van der Waals surface area contributed by atoms with Crippen molar-refractivity contribution in [2.45, 2.75) is 0 Å². The molecule has 9 rings (SSSR count). The first kappa shape index (κ1) is 32.3. The zero-order valence-corrected chi connectivity index (χ0v) is 28.5. The maximum absolute atomic E-state index is 12.1. The van der Waals surface area contributed by atoms with Gasteiger partial charge in [-0.3, -0.25) is 19.2 Å². The molecule has 0 aromatic heterocycles. The predicted octanol–water partition coefficient (Wildman–Crippen LogP) is 9.77. The minimum atomic E-state index is -0.364. The lowest BCUT2D eigenvalue weighted by Gasteiger charge is -2.18. The van der Waals surface area contributed by atoms with Crippen molar-refractivity contribution in [1.29, 1.82) is 0 Å². The minimum Gasteiger partial charge on any atom is -0.457 e. The van der Waals surface area contributed by atoms with E-state index in [1.165, 1.54) is 24.3 Å². The molecule has 0 unspecified atom stereocenters. The first-order chi connectivity index (χ1) is 26.4. The Morgan fingerprint density at radius 1 is 0.315 bits per heavy atom. The zero-order chi connectivity index (χ0) is 36.8. The molecule has 0 saturated heterocycles. The molecule has 2 heterocycles. The monoisotopic (exact) mass is 704 g/mol. The van der Waals surface area contributed by atoms with E-state index in [2.05, 4.69) is 72.8 Å². The molecule has 0 saturated carbocycles. The van der Waals surface area contributed by atoms with Crippen LogP contribution in [0.4, 0.5) is 11.4 Å². The van der Waals surface area contributed by atoms with Crippen LogP contribution < -0.4 is 19.3 Å². The Morgan fingerprint density at radius 3 is 0.852 bits per heavy atom. The molecule has 8 nitrogen and oxygen atoms in total. The highest BCUT2D eigenvalue weighted by atomic mass is 16.5. The highest BCUT2D eigenvalue weighted by Gasteiger charge is 2.26. The lowest BCUT2D eigenvalue weighted by molar-refractivity contribution is -0.121. The van der Waals surface area contributed by atoms with Crippen molar-refractivity contribution in [3.05, 3.63) is 170 Å². The molecule has 0 spiro atoms. The number of benzene rings is 7. The lowest BCUT2D eigenvalue weighted by Crippen LogP contribution is -2.29. The van der Waals surface area contributed by atoms with Gasteiger partial charge >= 0.3 is 0 Å². The molecule has 258 valence electrons. The molecule has 0 fully saturated rings. The van der Waals surface area contributed by atoms with Gasteiger partial charge in [-0.1, -0.05) is 72.8 Å². The van der Waals surface area contributed by atoms with E-state index >= 15 is 0 Å². The van der Waals surface area contributed by atoms with Gasteiger partial charge in [-0.2, -0.15) is 0 Å². The van der Waals surface area contributed by atoms with Crippen molar-refractivity contribution >= 4 is 56.5 Å². The molecule has 0 N–H and O–H groups in total. The van der Waals surface area contributed by atoms with Crippen LogP contribution in [0, 0.1) is 0 Å². The molecule has 0 bridgehead atoms. The van der Waals surface area contributed by atoms with Crippen molar-refractivity contribution < 1.29 is 28.7 Å². The standard InChI is InChI=1S/C46H28N2O6/c49-41-25-26-42(50)47(41)31-13-21-35(22-14-31)53-33-17-9-29(10-18-33)45-37-5-1-2-6-38(37)46(40-8-4-3-7-39(40)45)30-11-19-34(20-12-30)54-36-23-15-32(16-24-36)48-43(51)27-28-44(48)52/h1-28H. The van der Waals surface area contributed by atoms with Gasteiger partial charge in [0.25, 0.3) is 23.6 Å². The molecule has 0 aliphatic carbocycles. The van der Waals surface area contributed by atoms with E-state index in [0.29, 0.717) is 34.4 Å². The summed E-state index contributed by atoms with van der Waals surface area (Å²) in [5, 5.41) is 4.45. The van der Waals surface area contributed by atoms with E-state index in [0.717, 1.165) is 53.6 Å². The van der Waals surface area contributed by atoms with Crippen molar-refractivity contribution in [2.24, 2.45) is 0 Å². The summed E-state index contributed by atoms with van der Waals surface area (Å²) >= 11 is 0. The van der Waals surface area contributed by atoms with Gasteiger partial charge in [0.1, 0.15) is 23.0 Å². The van der Waals surface area contributed by atoms with Gasteiger partial charge in [0, 0.05) is 24.3 Å². The molecule has 8 heteroatoms. The Labute approximate surface area is 309 Å². The van der Waals surface area contributed by atoms with E-state index in [1.54, 1.807) is 48.5 Å². The molecule has 2 aliphatic heterocycles. The summed E-state index contributed by atoms with van der Waals surface area (Å²) in [7, 11) is 0. The fraction of sp³-hybridized carbons (Fsp3) is 0. The van der Waals surface area contributed by atoms with Gasteiger partial charge < -0.3 is 9.47 Å². The topological polar surface area (TPSA) is 93.2 Å². The maximum atomic E-state index is 12.1. The summed E-state index contributed by atoms with van der Waals surface area (Å²) in [6.45, 7) is 0. The van der Waals surface area contributed by atoms with Gasteiger partial charge in [0.05, 0.1) is 11.4 Å². The molecule has 0 atom stereocenters. The van der Waals surface area contributed by atoms with Gasteiger partial charge in [-0.05, 0) is 117 Å².